The number of benzene rings is 3. The van der Waals surface area contributed by atoms with E-state index in [-0.39, 0.29) is 11.7 Å². The number of rotatable bonds is 4. The monoisotopic (exact) mass is 387 g/mol. The molecule has 3 aromatic carbocycles. The molecule has 0 aromatic heterocycles. The lowest BCUT2D eigenvalue weighted by molar-refractivity contribution is 0.174. The maximum Gasteiger partial charge on any atom is 0.261 e. The highest BCUT2D eigenvalue weighted by molar-refractivity contribution is 7.92. The SMILES string of the molecule is O=S(=O)(Nc1cc2c(cc1-c1ccc(Cl)cc1)OCO2)c1ccccc1. The van der Waals surface area contributed by atoms with Crippen molar-refractivity contribution >= 4 is 27.3 Å². The van der Waals surface area contributed by atoms with Crippen molar-refractivity contribution in [3.8, 4) is 22.6 Å². The Labute approximate surface area is 156 Å². The summed E-state index contributed by atoms with van der Waals surface area (Å²) < 4.78 is 38.9. The Morgan fingerprint density at radius 2 is 1.54 bits per heavy atom. The quantitative estimate of drug-likeness (QED) is 0.714. The Hall–Kier alpha value is -2.70. The second-order valence-electron chi connectivity index (χ2n) is 5.68. The van der Waals surface area contributed by atoms with Gasteiger partial charge in [0, 0.05) is 16.7 Å². The number of anilines is 1. The molecule has 1 aliphatic heterocycles. The highest BCUT2D eigenvalue weighted by Gasteiger charge is 2.22. The molecule has 3 aromatic rings. The van der Waals surface area contributed by atoms with Crippen LogP contribution in [0.25, 0.3) is 11.1 Å². The van der Waals surface area contributed by atoms with Crippen LogP contribution in [0.5, 0.6) is 11.5 Å². The Bertz CT molecular complexity index is 1050. The van der Waals surface area contributed by atoms with Crippen molar-refractivity contribution in [2.24, 2.45) is 0 Å². The van der Waals surface area contributed by atoms with Crippen molar-refractivity contribution in [3.05, 3.63) is 71.8 Å². The molecule has 1 N–H and O–H groups in total. The lowest BCUT2D eigenvalue weighted by Gasteiger charge is -2.14. The first-order valence-electron chi connectivity index (χ1n) is 7.80. The van der Waals surface area contributed by atoms with Crippen LogP contribution in [0.2, 0.25) is 5.02 Å². The van der Waals surface area contributed by atoms with Gasteiger partial charge < -0.3 is 9.47 Å². The van der Waals surface area contributed by atoms with Crippen molar-refractivity contribution in [2.75, 3.05) is 11.5 Å². The summed E-state index contributed by atoms with van der Waals surface area (Å²) in [5.74, 6) is 1.06. The first-order valence-corrected chi connectivity index (χ1v) is 9.66. The summed E-state index contributed by atoms with van der Waals surface area (Å²) in [5, 5.41) is 0.598. The molecule has 0 unspecified atom stereocenters. The van der Waals surface area contributed by atoms with Gasteiger partial charge in [0.15, 0.2) is 11.5 Å². The molecule has 0 spiro atoms. The van der Waals surface area contributed by atoms with E-state index in [1.54, 1.807) is 42.5 Å². The zero-order valence-corrected chi connectivity index (χ0v) is 15.0. The molecule has 0 fully saturated rings. The molecule has 26 heavy (non-hydrogen) atoms. The summed E-state index contributed by atoms with van der Waals surface area (Å²) in [6.07, 6.45) is 0. The number of halogens is 1. The van der Waals surface area contributed by atoms with E-state index in [0.29, 0.717) is 27.8 Å². The van der Waals surface area contributed by atoms with Gasteiger partial charge in [-0.3, -0.25) is 4.72 Å². The fourth-order valence-corrected chi connectivity index (χ4v) is 3.92. The van der Waals surface area contributed by atoms with Crippen LogP contribution in [0.4, 0.5) is 5.69 Å². The summed E-state index contributed by atoms with van der Waals surface area (Å²) in [4.78, 5) is 0.180. The maximum absolute atomic E-state index is 12.7. The molecule has 0 radical (unpaired) electrons. The third kappa shape index (κ3) is 3.21. The molecule has 4 rings (SSSR count). The first-order chi connectivity index (χ1) is 12.5. The van der Waals surface area contributed by atoms with Gasteiger partial charge in [-0.2, -0.15) is 0 Å². The molecular weight excluding hydrogens is 374 g/mol. The molecule has 1 aliphatic rings. The molecule has 0 atom stereocenters. The fourth-order valence-electron chi connectivity index (χ4n) is 2.70. The van der Waals surface area contributed by atoms with Gasteiger partial charge >= 0.3 is 0 Å². The Morgan fingerprint density at radius 3 is 2.23 bits per heavy atom. The van der Waals surface area contributed by atoms with Crippen LogP contribution in [-0.2, 0) is 10.0 Å². The van der Waals surface area contributed by atoms with Crippen LogP contribution in [0, 0.1) is 0 Å². The minimum atomic E-state index is -3.74. The van der Waals surface area contributed by atoms with E-state index in [9.17, 15) is 8.42 Å². The third-order valence-electron chi connectivity index (χ3n) is 3.97. The predicted molar refractivity (Wildman–Crippen MR) is 100 cm³/mol. The molecule has 7 heteroatoms. The van der Waals surface area contributed by atoms with E-state index in [1.807, 2.05) is 12.1 Å². The van der Waals surface area contributed by atoms with Crippen LogP contribution in [0.15, 0.2) is 71.6 Å². The van der Waals surface area contributed by atoms with Crippen LogP contribution in [0.1, 0.15) is 0 Å². The normalized spacial score (nSPS) is 12.8. The van der Waals surface area contributed by atoms with Crippen LogP contribution in [-0.4, -0.2) is 15.2 Å². The average Bonchev–Trinajstić information content (AvgIpc) is 3.10. The molecule has 0 saturated heterocycles. The lowest BCUT2D eigenvalue weighted by Crippen LogP contribution is -2.13. The summed E-state index contributed by atoms with van der Waals surface area (Å²) in [5.41, 5.74) is 1.88. The number of ether oxygens (including phenoxy) is 2. The average molecular weight is 388 g/mol. The van der Waals surface area contributed by atoms with Gasteiger partial charge in [0.1, 0.15) is 0 Å². The number of sulfonamides is 1. The zero-order valence-electron chi connectivity index (χ0n) is 13.5. The van der Waals surface area contributed by atoms with Gasteiger partial charge in [0.25, 0.3) is 10.0 Å². The van der Waals surface area contributed by atoms with E-state index in [2.05, 4.69) is 4.72 Å². The van der Waals surface area contributed by atoms with E-state index >= 15 is 0 Å². The van der Waals surface area contributed by atoms with Crippen LogP contribution in [0.3, 0.4) is 0 Å². The predicted octanol–water partition coefficient (Wildman–Crippen LogP) is 4.54. The fraction of sp³-hybridized carbons (Fsp3) is 0.0526. The molecule has 0 aliphatic carbocycles. The zero-order chi connectivity index (χ0) is 18.1. The van der Waals surface area contributed by atoms with Gasteiger partial charge in [0.05, 0.1) is 10.6 Å². The Balaban J connectivity index is 1.81. The summed E-state index contributed by atoms with van der Waals surface area (Å²) in [6.45, 7) is 0.101. The topological polar surface area (TPSA) is 64.6 Å². The Morgan fingerprint density at radius 1 is 0.885 bits per heavy atom. The lowest BCUT2D eigenvalue weighted by atomic mass is 10.0. The van der Waals surface area contributed by atoms with Gasteiger partial charge in [-0.1, -0.05) is 41.9 Å². The van der Waals surface area contributed by atoms with Crippen LogP contribution >= 0.6 is 11.6 Å². The standard InChI is InChI=1S/C19H14ClNO4S/c20-14-8-6-13(7-9-14)16-10-18-19(25-12-24-18)11-17(16)21-26(22,23)15-4-2-1-3-5-15/h1-11,21H,12H2. The molecule has 132 valence electrons. The van der Waals surface area contributed by atoms with E-state index < -0.39 is 10.0 Å². The van der Waals surface area contributed by atoms with E-state index in [0.717, 1.165) is 5.56 Å². The van der Waals surface area contributed by atoms with Crippen molar-refractivity contribution in [1.82, 2.24) is 0 Å². The van der Waals surface area contributed by atoms with Gasteiger partial charge in [0.2, 0.25) is 6.79 Å². The number of hydrogen-bond acceptors (Lipinski definition) is 4. The minimum absolute atomic E-state index is 0.101. The highest BCUT2D eigenvalue weighted by atomic mass is 35.5. The number of fused-ring (bicyclic) bond motifs is 1. The molecule has 0 bridgehead atoms. The van der Waals surface area contributed by atoms with Gasteiger partial charge in [-0.25, -0.2) is 8.42 Å². The second kappa shape index (κ2) is 6.55. The van der Waals surface area contributed by atoms with Gasteiger partial charge in [-0.15, -0.1) is 0 Å². The molecule has 0 saturated carbocycles. The number of nitrogens with one attached hydrogen (secondary N) is 1. The maximum atomic E-state index is 12.7. The van der Waals surface area contributed by atoms with Crippen molar-refractivity contribution in [2.45, 2.75) is 4.90 Å². The molecule has 0 amide bonds. The van der Waals surface area contributed by atoms with E-state index in [4.69, 9.17) is 21.1 Å². The Kier molecular flexibility index (Phi) is 4.22. The summed E-state index contributed by atoms with van der Waals surface area (Å²) >= 11 is 5.96. The summed E-state index contributed by atoms with van der Waals surface area (Å²) in [7, 11) is -3.74. The number of hydrogen-bond donors (Lipinski definition) is 1. The highest BCUT2D eigenvalue weighted by Crippen LogP contribution is 2.42. The molecule has 5 nitrogen and oxygen atoms in total. The van der Waals surface area contributed by atoms with Crippen molar-refractivity contribution < 1.29 is 17.9 Å². The van der Waals surface area contributed by atoms with Crippen molar-refractivity contribution in [1.29, 1.82) is 0 Å². The third-order valence-corrected chi connectivity index (χ3v) is 5.60. The second-order valence-corrected chi connectivity index (χ2v) is 7.80. The largest absolute Gasteiger partial charge is 0.454 e. The minimum Gasteiger partial charge on any atom is -0.454 e. The first kappa shape index (κ1) is 16.8. The smallest absolute Gasteiger partial charge is 0.261 e. The molecular formula is C19H14ClNO4S. The van der Waals surface area contributed by atoms with Crippen LogP contribution < -0.4 is 14.2 Å². The van der Waals surface area contributed by atoms with Crippen molar-refractivity contribution in [3.63, 3.8) is 0 Å². The molecule has 1 heterocycles. The summed E-state index contributed by atoms with van der Waals surface area (Å²) in [6, 6.07) is 18.7. The van der Waals surface area contributed by atoms with E-state index in [1.165, 1.54) is 12.1 Å². The van der Waals surface area contributed by atoms with Gasteiger partial charge in [-0.05, 0) is 35.9 Å².